The van der Waals surface area contributed by atoms with Crippen LogP contribution in [0.2, 0.25) is 0 Å². The van der Waals surface area contributed by atoms with Crippen LogP contribution < -0.4 is 21.7 Å². The van der Waals surface area contributed by atoms with Crippen molar-refractivity contribution in [3.63, 3.8) is 0 Å². The molecule has 0 aliphatic carbocycles. The van der Waals surface area contributed by atoms with Crippen molar-refractivity contribution in [1.82, 2.24) is 25.9 Å². The zero-order valence-electron chi connectivity index (χ0n) is 16.8. The molecule has 0 aliphatic rings. The molecule has 13 heteroatoms. The molecule has 168 valence electrons. The Morgan fingerprint density at radius 1 is 1.27 bits per heavy atom. The van der Waals surface area contributed by atoms with E-state index in [0.717, 1.165) is 0 Å². The number of carbonyl (C=O) groups excluding carboxylic acids is 3. The standard InChI is InChI=1S/C17H28N6O6S/c1-9(24)14(17(28)29)23-16(27)12(3-4-30-2)22-13(25)7-20-15(26)11(18)5-10-6-19-8-21-10/h6,8-9,11-12,14,24H,3-5,7,18H2,1-2H3,(H,19,21)(H,20,26)(H,22,25)(H,23,27)(H,28,29). The van der Waals surface area contributed by atoms with Gasteiger partial charge in [0.2, 0.25) is 17.7 Å². The molecule has 0 bridgehead atoms. The highest BCUT2D eigenvalue weighted by Crippen LogP contribution is 2.03. The molecule has 1 aromatic rings. The fourth-order valence-corrected chi connectivity index (χ4v) is 2.89. The van der Waals surface area contributed by atoms with Crippen molar-refractivity contribution in [1.29, 1.82) is 0 Å². The van der Waals surface area contributed by atoms with Crippen LogP contribution in [0.25, 0.3) is 0 Å². The van der Waals surface area contributed by atoms with Crippen LogP contribution in [0.1, 0.15) is 19.0 Å². The summed E-state index contributed by atoms with van der Waals surface area (Å²) < 4.78 is 0. The van der Waals surface area contributed by atoms with Crippen LogP contribution in [0.15, 0.2) is 12.5 Å². The summed E-state index contributed by atoms with van der Waals surface area (Å²) in [6.07, 6.45) is 3.93. The van der Waals surface area contributed by atoms with Crippen molar-refractivity contribution in [3.8, 4) is 0 Å². The predicted octanol–water partition coefficient (Wildman–Crippen LogP) is -2.42. The average Bonchev–Trinajstić information content (AvgIpc) is 3.19. The smallest absolute Gasteiger partial charge is 0.328 e. The van der Waals surface area contributed by atoms with E-state index in [-0.39, 0.29) is 12.8 Å². The molecule has 0 saturated carbocycles. The quantitative estimate of drug-likeness (QED) is 0.173. The molecule has 12 nitrogen and oxygen atoms in total. The van der Waals surface area contributed by atoms with Crippen LogP contribution in [-0.2, 0) is 25.6 Å². The van der Waals surface area contributed by atoms with Crippen LogP contribution in [0.4, 0.5) is 0 Å². The van der Waals surface area contributed by atoms with Crippen molar-refractivity contribution < 1.29 is 29.4 Å². The maximum Gasteiger partial charge on any atom is 0.328 e. The summed E-state index contributed by atoms with van der Waals surface area (Å²) in [5.41, 5.74) is 6.45. The number of aromatic amines is 1. The molecule has 0 saturated heterocycles. The minimum absolute atomic E-state index is 0.210. The fourth-order valence-electron chi connectivity index (χ4n) is 2.42. The highest BCUT2D eigenvalue weighted by atomic mass is 32.2. The summed E-state index contributed by atoms with van der Waals surface area (Å²) in [6, 6.07) is -3.43. The van der Waals surface area contributed by atoms with Gasteiger partial charge in [-0.1, -0.05) is 0 Å². The molecule has 0 spiro atoms. The second-order valence-electron chi connectivity index (χ2n) is 6.57. The predicted molar refractivity (Wildman–Crippen MR) is 109 cm³/mol. The second kappa shape index (κ2) is 12.8. The molecule has 3 amide bonds. The molecule has 0 aromatic carbocycles. The molecule has 1 rings (SSSR count). The third-order valence-electron chi connectivity index (χ3n) is 4.06. The number of rotatable bonds is 13. The number of H-pyrrole nitrogens is 1. The van der Waals surface area contributed by atoms with E-state index >= 15 is 0 Å². The van der Waals surface area contributed by atoms with Crippen LogP contribution in [0.3, 0.4) is 0 Å². The first-order chi connectivity index (χ1) is 14.1. The fraction of sp³-hybridized carbons (Fsp3) is 0.588. The number of hydrogen-bond donors (Lipinski definition) is 7. The van der Waals surface area contributed by atoms with Gasteiger partial charge in [-0.05, 0) is 25.4 Å². The van der Waals surface area contributed by atoms with Gasteiger partial charge in [0.1, 0.15) is 6.04 Å². The normalized spacial score (nSPS) is 14.8. The maximum atomic E-state index is 12.4. The molecule has 1 aromatic heterocycles. The summed E-state index contributed by atoms with van der Waals surface area (Å²) >= 11 is 1.44. The number of aromatic nitrogens is 2. The number of nitrogens with one attached hydrogen (secondary N) is 4. The van der Waals surface area contributed by atoms with Gasteiger partial charge in [0.15, 0.2) is 6.04 Å². The molecule has 8 N–H and O–H groups in total. The van der Waals surface area contributed by atoms with Crippen molar-refractivity contribution in [2.75, 3.05) is 18.6 Å². The Balaban J connectivity index is 2.59. The number of aliphatic hydroxyl groups excluding tert-OH is 1. The van der Waals surface area contributed by atoms with E-state index in [1.54, 1.807) is 0 Å². The summed E-state index contributed by atoms with van der Waals surface area (Å²) in [4.78, 5) is 54.4. The van der Waals surface area contributed by atoms with Crippen LogP contribution >= 0.6 is 11.8 Å². The third-order valence-corrected chi connectivity index (χ3v) is 4.71. The second-order valence-corrected chi connectivity index (χ2v) is 7.56. The third kappa shape index (κ3) is 8.80. The minimum Gasteiger partial charge on any atom is -0.480 e. The van der Waals surface area contributed by atoms with Gasteiger partial charge in [0.05, 0.1) is 25.0 Å². The Labute approximate surface area is 177 Å². The van der Waals surface area contributed by atoms with Gasteiger partial charge >= 0.3 is 5.97 Å². The molecule has 4 atom stereocenters. The van der Waals surface area contributed by atoms with Gasteiger partial charge in [-0.3, -0.25) is 14.4 Å². The molecule has 1 heterocycles. The number of carboxylic acid groups (broad SMARTS) is 1. The largest absolute Gasteiger partial charge is 0.480 e. The van der Waals surface area contributed by atoms with E-state index in [1.807, 2.05) is 6.26 Å². The first-order valence-corrected chi connectivity index (χ1v) is 10.5. The van der Waals surface area contributed by atoms with Crippen molar-refractivity contribution >= 4 is 35.5 Å². The Bertz CT molecular complexity index is 714. The van der Waals surface area contributed by atoms with Crippen LogP contribution in [0, 0.1) is 0 Å². The summed E-state index contributed by atoms with van der Waals surface area (Å²) in [7, 11) is 0. The molecular formula is C17H28N6O6S. The number of thioether (sulfide) groups is 1. The zero-order valence-corrected chi connectivity index (χ0v) is 17.6. The minimum atomic E-state index is -1.51. The topological polar surface area (TPSA) is 200 Å². The van der Waals surface area contributed by atoms with E-state index in [9.17, 15) is 24.3 Å². The average molecular weight is 445 g/mol. The molecule has 0 aliphatic heterocycles. The van der Waals surface area contributed by atoms with Gasteiger partial charge in [-0.2, -0.15) is 11.8 Å². The van der Waals surface area contributed by atoms with E-state index in [4.69, 9.17) is 10.8 Å². The van der Waals surface area contributed by atoms with Gasteiger partial charge in [-0.25, -0.2) is 9.78 Å². The number of amides is 3. The first-order valence-electron chi connectivity index (χ1n) is 9.15. The van der Waals surface area contributed by atoms with Gasteiger partial charge in [-0.15, -0.1) is 0 Å². The lowest BCUT2D eigenvalue weighted by Crippen LogP contribution is -2.56. The monoisotopic (exact) mass is 444 g/mol. The number of nitrogens with two attached hydrogens (primary N) is 1. The Hall–Kier alpha value is -2.64. The molecule has 0 radical (unpaired) electrons. The molecule has 30 heavy (non-hydrogen) atoms. The van der Waals surface area contributed by atoms with E-state index in [1.165, 1.54) is 31.2 Å². The van der Waals surface area contributed by atoms with Gasteiger partial charge in [0.25, 0.3) is 0 Å². The lowest BCUT2D eigenvalue weighted by molar-refractivity contribution is -0.145. The summed E-state index contributed by atoms with van der Waals surface area (Å²) in [5.74, 6) is -2.81. The number of carbonyl (C=O) groups is 4. The van der Waals surface area contributed by atoms with Gasteiger partial charge in [0, 0.05) is 18.3 Å². The Kier molecular flexibility index (Phi) is 10.9. The van der Waals surface area contributed by atoms with E-state index in [2.05, 4.69) is 25.9 Å². The highest BCUT2D eigenvalue weighted by Gasteiger charge is 2.29. The SMILES string of the molecule is CSCCC(NC(=O)CNC(=O)C(N)Cc1cnc[nH]1)C(=O)NC(C(=O)O)C(C)O. The number of nitrogens with zero attached hydrogens (tertiary/aromatic N) is 1. The maximum absolute atomic E-state index is 12.4. The van der Waals surface area contributed by atoms with Crippen molar-refractivity contribution in [3.05, 3.63) is 18.2 Å². The number of aliphatic carboxylic acids is 1. The van der Waals surface area contributed by atoms with Crippen molar-refractivity contribution in [2.24, 2.45) is 5.73 Å². The molecule has 0 fully saturated rings. The number of aliphatic hydroxyl groups is 1. The number of carboxylic acids is 1. The van der Waals surface area contributed by atoms with E-state index < -0.39 is 54.5 Å². The first kappa shape index (κ1) is 25.4. The van der Waals surface area contributed by atoms with Crippen molar-refractivity contribution in [2.45, 2.75) is 44.0 Å². The van der Waals surface area contributed by atoms with Crippen LogP contribution in [0.5, 0.6) is 0 Å². The number of hydrogen-bond acceptors (Lipinski definition) is 8. The Morgan fingerprint density at radius 3 is 2.50 bits per heavy atom. The van der Waals surface area contributed by atoms with E-state index in [0.29, 0.717) is 11.4 Å². The number of imidazole rings is 1. The van der Waals surface area contributed by atoms with Crippen LogP contribution in [-0.4, -0.2) is 86.7 Å². The summed E-state index contributed by atoms with van der Waals surface area (Å²) in [6.45, 7) is 0.827. The zero-order chi connectivity index (χ0) is 22.7. The molecule has 4 unspecified atom stereocenters. The summed E-state index contributed by atoms with van der Waals surface area (Å²) in [5, 5.41) is 25.7. The van der Waals surface area contributed by atoms with Gasteiger partial charge < -0.3 is 36.9 Å². The highest BCUT2D eigenvalue weighted by molar-refractivity contribution is 7.98. The lowest BCUT2D eigenvalue weighted by Gasteiger charge is -2.22. The Morgan fingerprint density at radius 2 is 1.97 bits per heavy atom. The molecular weight excluding hydrogens is 416 g/mol. The lowest BCUT2D eigenvalue weighted by atomic mass is 10.1.